The number of nitrogens with zero attached hydrogens (tertiary/aromatic N) is 1. The molecule has 1 aromatic heterocycles. The molecule has 2 aromatic rings. The van der Waals surface area contributed by atoms with Gasteiger partial charge in [0, 0.05) is 30.6 Å². The van der Waals surface area contributed by atoms with E-state index < -0.39 is 0 Å². The largest absolute Gasteiger partial charge is 0.347 e. The van der Waals surface area contributed by atoms with Crippen LogP contribution in [0.5, 0.6) is 0 Å². The monoisotopic (exact) mass is 228 g/mol. The summed E-state index contributed by atoms with van der Waals surface area (Å²) in [6.45, 7) is 4.41. The van der Waals surface area contributed by atoms with Crippen molar-refractivity contribution in [2.45, 2.75) is 32.7 Å². The molecule has 0 radical (unpaired) electrons. The molecular formula is C15H20N2. The summed E-state index contributed by atoms with van der Waals surface area (Å²) in [5.74, 6) is 0. The molecule has 3 rings (SSSR count). The number of aryl methyl sites for hydroxylation is 3. The number of nitrogens with one attached hydrogen (secondary N) is 1. The molecule has 0 saturated carbocycles. The number of benzene rings is 1. The second-order valence-corrected chi connectivity index (χ2v) is 5.36. The van der Waals surface area contributed by atoms with Crippen LogP contribution in [-0.2, 0) is 19.9 Å². The third-order valence-corrected chi connectivity index (χ3v) is 4.16. The van der Waals surface area contributed by atoms with Crippen LogP contribution in [0.25, 0.3) is 10.9 Å². The van der Waals surface area contributed by atoms with Gasteiger partial charge in [-0.25, -0.2) is 0 Å². The van der Waals surface area contributed by atoms with E-state index in [1.165, 1.54) is 34.1 Å². The van der Waals surface area contributed by atoms with Gasteiger partial charge in [0.15, 0.2) is 0 Å². The quantitative estimate of drug-likeness (QED) is 0.793. The van der Waals surface area contributed by atoms with Crippen molar-refractivity contribution in [3.63, 3.8) is 0 Å². The number of rotatable bonds is 1. The van der Waals surface area contributed by atoms with E-state index in [9.17, 15) is 0 Å². The number of likely N-dealkylation sites (N-methyl/N-ethyl adjacent to an activating group) is 1. The number of fused-ring (bicyclic) bond motifs is 3. The molecule has 1 aromatic carbocycles. The number of hydrogen-bond acceptors (Lipinski definition) is 1. The topological polar surface area (TPSA) is 17.0 Å². The van der Waals surface area contributed by atoms with E-state index in [4.69, 9.17) is 0 Å². The summed E-state index contributed by atoms with van der Waals surface area (Å²) in [5, 5.41) is 4.87. The minimum Gasteiger partial charge on any atom is -0.347 e. The summed E-state index contributed by atoms with van der Waals surface area (Å²) in [6, 6.07) is 5.25. The highest BCUT2D eigenvalue weighted by Gasteiger charge is 2.26. The number of aromatic nitrogens is 1. The first kappa shape index (κ1) is 10.8. The lowest BCUT2D eigenvalue weighted by Gasteiger charge is -2.10. The van der Waals surface area contributed by atoms with E-state index in [-0.39, 0.29) is 0 Å². The summed E-state index contributed by atoms with van der Waals surface area (Å²) in [7, 11) is 4.27. The van der Waals surface area contributed by atoms with Crippen LogP contribution >= 0.6 is 0 Å². The second-order valence-electron chi connectivity index (χ2n) is 5.36. The molecule has 0 fully saturated rings. The van der Waals surface area contributed by atoms with Crippen molar-refractivity contribution in [1.29, 1.82) is 0 Å². The van der Waals surface area contributed by atoms with Gasteiger partial charge >= 0.3 is 0 Å². The van der Waals surface area contributed by atoms with Crippen molar-refractivity contribution < 1.29 is 0 Å². The van der Waals surface area contributed by atoms with Gasteiger partial charge in [-0.15, -0.1) is 0 Å². The molecule has 1 aliphatic carbocycles. The van der Waals surface area contributed by atoms with Crippen molar-refractivity contribution in [3.8, 4) is 0 Å². The predicted octanol–water partition coefficient (Wildman–Crippen LogP) is 2.48. The van der Waals surface area contributed by atoms with Crippen molar-refractivity contribution in [3.05, 3.63) is 34.5 Å². The van der Waals surface area contributed by atoms with Crippen LogP contribution in [-0.4, -0.2) is 17.7 Å². The SMILES string of the molecule is CNC1Cc2c(n(C)c3c(C)cc(C)cc23)C1. The van der Waals surface area contributed by atoms with Gasteiger partial charge in [0.05, 0.1) is 5.52 Å². The van der Waals surface area contributed by atoms with Crippen LogP contribution in [0.3, 0.4) is 0 Å². The molecule has 90 valence electrons. The Morgan fingerprint density at radius 3 is 2.71 bits per heavy atom. The molecular weight excluding hydrogens is 208 g/mol. The molecule has 17 heavy (non-hydrogen) atoms. The fourth-order valence-corrected chi connectivity index (χ4v) is 3.37. The second kappa shape index (κ2) is 3.61. The van der Waals surface area contributed by atoms with E-state index in [1.54, 1.807) is 5.56 Å². The van der Waals surface area contributed by atoms with Crippen molar-refractivity contribution >= 4 is 10.9 Å². The van der Waals surface area contributed by atoms with E-state index in [2.05, 4.69) is 50.0 Å². The first-order chi connectivity index (χ1) is 8.11. The lowest BCUT2D eigenvalue weighted by molar-refractivity contribution is 0.585. The van der Waals surface area contributed by atoms with E-state index in [0.717, 1.165) is 6.42 Å². The zero-order chi connectivity index (χ0) is 12.2. The zero-order valence-corrected chi connectivity index (χ0v) is 11.1. The maximum atomic E-state index is 3.40. The highest BCUT2D eigenvalue weighted by molar-refractivity contribution is 5.89. The molecule has 1 aliphatic rings. The van der Waals surface area contributed by atoms with Crippen molar-refractivity contribution in [2.75, 3.05) is 7.05 Å². The molecule has 0 aliphatic heterocycles. The van der Waals surface area contributed by atoms with Gasteiger partial charge in [-0.1, -0.05) is 11.6 Å². The van der Waals surface area contributed by atoms with Gasteiger partial charge in [0.2, 0.25) is 0 Å². The Morgan fingerprint density at radius 1 is 1.24 bits per heavy atom. The Kier molecular flexibility index (Phi) is 2.30. The van der Waals surface area contributed by atoms with Crippen LogP contribution in [0.2, 0.25) is 0 Å². The van der Waals surface area contributed by atoms with Gasteiger partial charge in [0.25, 0.3) is 0 Å². The number of hydrogen-bond donors (Lipinski definition) is 1. The Morgan fingerprint density at radius 2 is 2.00 bits per heavy atom. The zero-order valence-electron chi connectivity index (χ0n) is 11.1. The van der Waals surface area contributed by atoms with E-state index in [0.29, 0.717) is 6.04 Å². The van der Waals surface area contributed by atoms with Gasteiger partial charge in [-0.2, -0.15) is 0 Å². The summed E-state index contributed by atoms with van der Waals surface area (Å²) >= 11 is 0. The van der Waals surface area contributed by atoms with Crippen LogP contribution < -0.4 is 5.32 Å². The van der Waals surface area contributed by atoms with E-state index >= 15 is 0 Å². The molecule has 0 bridgehead atoms. The molecule has 2 nitrogen and oxygen atoms in total. The average Bonchev–Trinajstić information content (AvgIpc) is 2.79. The molecule has 1 atom stereocenters. The van der Waals surface area contributed by atoms with Gasteiger partial charge in [-0.3, -0.25) is 0 Å². The first-order valence-corrected chi connectivity index (χ1v) is 6.36. The Balaban J connectivity index is 2.30. The highest BCUT2D eigenvalue weighted by Crippen LogP contribution is 2.34. The minimum absolute atomic E-state index is 0.622. The van der Waals surface area contributed by atoms with Crippen molar-refractivity contribution in [1.82, 2.24) is 9.88 Å². The molecule has 1 heterocycles. The molecule has 0 saturated heterocycles. The van der Waals surface area contributed by atoms with Crippen molar-refractivity contribution in [2.24, 2.45) is 7.05 Å². The molecule has 0 spiro atoms. The van der Waals surface area contributed by atoms with E-state index in [1.807, 2.05) is 0 Å². The van der Waals surface area contributed by atoms with Crippen LogP contribution in [0.15, 0.2) is 12.1 Å². The smallest absolute Gasteiger partial charge is 0.0512 e. The Bertz CT molecular complexity index is 593. The Labute approximate surface area is 103 Å². The summed E-state index contributed by atoms with van der Waals surface area (Å²) in [4.78, 5) is 0. The molecule has 0 amide bonds. The highest BCUT2D eigenvalue weighted by atomic mass is 15.0. The van der Waals surface area contributed by atoms with Gasteiger partial charge in [0.1, 0.15) is 0 Å². The standard InChI is InChI=1S/C15H20N2/c1-9-5-10(2)15-13(6-9)12-7-11(16-3)8-14(12)17(15)4/h5-6,11,16H,7-8H2,1-4H3. The Hall–Kier alpha value is -1.28. The third-order valence-electron chi connectivity index (χ3n) is 4.16. The molecule has 1 N–H and O–H groups in total. The summed E-state index contributed by atoms with van der Waals surface area (Å²) in [5.41, 5.74) is 7.28. The lowest BCUT2D eigenvalue weighted by atomic mass is 10.0. The fourth-order valence-electron chi connectivity index (χ4n) is 3.37. The summed E-state index contributed by atoms with van der Waals surface area (Å²) in [6.07, 6.45) is 2.33. The normalized spacial score (nSPS) is 18.9. The van der Waals surface area contributed by atoms with Crippen LogP contribution in [0.1, 0.15) is 22.4 Å². The third kappa shape index (κ3) is 1.44. The molecule has 2 heteroatoms. The summed E-state index contributed by atoms with van der Waals surface area (Å²) < 4.78 is 2.40. The van der Waals surface area contributed by atoms with Gasteiger partial charge in [-0.05, 0) is 44.5 Å². The lowest BCUT2D eigenvalue weighted by Crippen LogP contribution is -2.25. The maximum Gasteiger partial charge on any atom is 0.0512 e. The minimum atomic E-state index is 0.622. The predicted molar refractivity (Wildman–Crippen MR) is 72.6 cm³/mol. The fraction of sp³-hybridized carbons (Fsp3) is 0.467. The van der Waals surface area contributed by atoms with Crippen LogP contribution in [0.4, 0.5) is 0 Å². The molecule has 1 unspecified atom stereocenters. The van der Waals surface area contributed by atoms with Gasteiger partial charge < -0.3 is 9.88 Å². The first-order valence-electron chi connectivity index (χ1n) is 6.36. The average molecular weight is 228 g/mol. The van der Waals surface area contributed by atoms with Crippen LogP contribution in [0, 0.1) is 13.8 Å². The maximum absolute atomic E-state index is 3.40.